The molecule has 0 spiro atoms. The lowest BCUT2D eigenvalue weighted by Crippen LogP contribution is -1.87. The van der Waals surface area contributed by atoms with Crippen molar-refractivity contribution >= 4 is 0 Å². The minimum atomic E-state index is 0.449. The van der Waals surface area contributed by atoms with Gasteiger partial charge in [0.25, 0.3) is 0 Å². The van der Waals surface area contributed by atoms with Crippen LogP contribution >= 0.6 is 0 Å². The molecule has 0 unspecified atom stereocenters. The Hall–Kier alpha value is -1.23. The molecule has 1 N–H and O–H groups in total. The summed E-state index contributed by atoms with van der Waals surface area (Å²) in [6.45, 7) is 4.18. The van der Waals surface area contributed by atoms with Crippen LogP contribution in [0.4, 0.5) is 0 Å². The maximum absolute atomic E-state index is 5.20. The van der Waals surface area contributed by atoms with Crippen LogP contribution in [0.3, 0.4) is 0 Å². The number of aromatic amines is 1. The van der Waals surface area contributed by atoms with E-state index in [9.17, 15) is 0 Å². The Morgan fingerprint density at radius 1 is 1.70 bits per heavy atom. The van der Waals surface area contributed by atoms with Gasteiger partial charge < -0.3 is 0 Å². The predicted molar refractivity (Wildman–Crippen MR) is 40.6 cm³/mol. The molecule has 0 aromatic carbocycles. The van der Waals surface area contributed by atoms with Crippen LogP contribution in [0.2, 0.25) is 0 Å². The van der Waals surface area contributed by atoms with Gasteiger partial charge >= 0.3 is 0 Å². The number of hydrogen-bond acceptors (Lipinski definition) is 1. The molecule has 0 bridgehead atoms. The van der Waals surface area contributed by atoms with Crippen LogP contribution in [0.15, 0.2) is 6.20 Å². The Bertz CT molecular complexity index is 252. The zero-order chi connectivity index (χ0) is 7.56. The zero-order valence-electron chi connectivity index (χ0n) is 6.18. The SMILES string of the molecule is C#Cc1n[nH]cc1C(C)C. The summed E-state index contributed by atoms with van der Waals surface area (Å²) >= 11 is 0. The molecule has 10 heavy (non-hydrogen) atoms. The highest BCUT2D eigenvalue weighted by molar-refractivity contribution is 5.33. The highest BCUT2D eigenvalue weighted by Gasteiger charge is 2.05. The first-order valence-electron chi connectivity index (χ1n) is 3.26. The second-order valence-electron chi connectivity index (χ2n) is 2.49. The quantitative estimate of drug-likeness (QED) is 0.579. The van der Waals surface area contributed by atoms with Gasteiger partial charge in [-0.15, -0.1) is 6.42 Å². The van der Waals surface area contributed by atoms with Gasteiger partial charge in [-0.25, -0.2) is 0 Å². The Kier molecular flexibility index (Phi) is 1.77. The van der Waals surface area contributed by atoms with E-state index in [4.69, 9.17) is 6.42 Å². The molecule has 2 heteroatoms. The number of aromatic nitrogens is 2. The number of nitrogens with zero attached hydrogens (tertiary/aromatic N) is 1. The van der Waals surface area contributed by atoms with Crippen LogP contribution in [0.5, 0.6) is 0 Å². The largest absolute Gasteiger partial charge is 0.284 e. The lowest BCUT2D eigenvalue weighted by atomic mass is 10.1. The topological polar surface area (TPSA) is 28.7 Å². The maximum atomic E-state index is 5.20. The molecular formula is C8H10N2. The van der Waals surface area contributed by atoms with E-state index in [0.29, 0.717) is 5.92 Å². The van der Waals surface area contributed by atoms with E-state index in [2.05, 4.69) is 30.0 Å². The molecule has 2 nitrogen and oxygen atoms in total. The number of terminal acetylenes is 1. The summed E-state index contributed by atoms with van der Waals surface area (Å²) in [6, 6.07) is 0. The predicted octanol–water partition coefficient (Wildman–Crippen LogP) is 1.51. The van der Waals surface area contributed by atoms with Gasteiger partial charge in [-0.1, -0.05) is 13.8 Å². The molecule has 0 aliphatic heterocycles. The molecular weight excluding hydrogens is 124 g/mol. The average Bonchev–Trinajstić information content (AvgIpc) is 2.33. The second kappa shape index (κ2) is 2.57. The molecule has 0 saturated carbocycles. The maximum Gasteiger partial charge on any atom is 0.138 e. The van der Waals surface area contributed by atoms with E-state index < -0.39 is 0 Å². The van der Waals surface area contributed by atoms with Crippen molar-refractivity contribution in [3.63, 3.8) is 0 Å². The van der Waals surface area contributed by atoms with Gasteiger partial charge in [0.2, 0.25) is 0 Å². The molecule has 52 valence electrons. The molecule has 0 aliphatic carbocycles. The molecule has 0 aliphatic rings. The molecule has 0 amide bonds. The van der Waals surface area contributed by atoms with Crippen molar-refractivity contribution in [2.24, 2.45) is 0 Å². The Labute approximate surface area is 60.7 Å². The van der Waals surface area contributed by atoms with Crippen molar-refractivity contribution in [3.05, 3.63) is 17.5 Å². The summed E-state index contributed by atoms with van der Waals surface area (Å²) in [6.07, 6.45) is 7.05. The van der Waals surface area contributed by atoms with E-state index in [1.54, 1.807) is 0 Å². The number of H-pyrrole nitrogens is 1. The molecule has 0 atom stereocenters. The first-order chi connectivity index (χ1) is 4.75. The molecule has 0 fully saturated rings. The van der Waals surface area contributed by atoms with Gasteiger partial charge in [-0.2, -0.15) is 5.10 Å². The number of rotatable bonds is 1. The smallest absolute Gasteiger partial charge is 0.138 e. The van der Waals surface area contributed by atoms with E-state index in [1.807, 2.05) is 6.20 Å². The van der Waals surface area contributed by atoms with Gasteiger partial charge in [0, 0.05) is 11.8 Å². The van der Waals surface area contributed by atoms with Gasteiger partial charge in [0.15, 0.2) is 0 Å². The number of hydrogen-bond donors (Lipinski definition) is 1. The average molecular weight is 134 g/mol. The van der Waals surface area contributed by atoms with Crippen molar-refractivity contribution in [3.8, 4) is 12.3 Å². The van der Waals surface area contributed by atoms with E-state index in [1.165, 1.54) is 0 Å². The molecule has 1 rings (SSSR count). The summed E-state index contributed by atoms with van der Waals surface area (Å²) < 4.78 is 0. The minimum Gasteiger partial charge on any atom is -0.284 e. The third kappa shape index (κ3) is 1.03. The molecule has 1 aromatic rings. The van der Waals surface area contributed by atoms with Crippen LogP contribution in [0, 0.1) is 12.3 Å². The first kappa shape index (κ1) is 6.88. The fourth-order valence-electron chi connectivity index (χ4n) is 0.855. The summed E-state index contributed by atoms with van der Waals surface area (Å²) in [7, 11) is 0. The van der Waals surface area contributed by atoms with Gasteiger partial charge in [-0.05, 0) is 11.8 Å². The van der Waals surface area contributed by atoms with Crippen molar-refractivity contribution in [2.45, 2.75) is 19.8 Å². The van der Waals surface area contributed by atoms with Crippen molar-refractivity contribution < 1.29 is 0 Å². The standard InChI is InChI=1S/C8H10N2/c1-4-8-7(6(2)3)5-9-10-8/h1,5-6H,2-3H3,(H,9,10). The normalized spacial score (nSPS) is 9.80. The van der Waals surface area contributed by atoms with E-state index in [0.717, 1.165) is 11.3 Å². The van der Waals surface area contributed by atoms with Crippen LogP contribution in [0.25, 0.3) is 0 Å². The van der Waals surface area contributed by atoms with Crippen LogP contribution in [0.1, 0.15) is 31.0 Å². The van der Waals surface area contributed by atoms with Crippen LogP contribution in [-0.4, -0.2) is 10.2 Å². The minimum absolute atomic E-state index is 0.449. The monoisotopic (exact) mass is 134 g/mol. The fraction of sp³-hybridized carbons (Fsp3) is 0.375. The summed E-state index contributed by atoms with van der Waals surface area (Å²) in [4.78, 5) is 0. The summed E-state index contributed by atoms with van der Waals surface area (Å²) in [5, 5.41) is 6.63. The molecule has 0 saturated heterocycles. The third-order valence-electron chi connectivity index (χ3n) is 1.43. The molecule has 0 radical (unpaired) electrons. The lowest BCUT2D eigenvalue weighted by Gasteiger charge is -1.98. The Balaban J connectivity index is 3.05. The Morgan fingerprint density at radius 2 is 2.40 bits per heavy atom. The third-order valence-corrected chi connectivity index (χ3v) is 1.43. The van der Waals surface area contributed by atoms with Crippen molar-refractivity contribution in [1.82, 2.24) is 10.2 Å². The fourth-order valence-corrected chi connectivity index (χ4v) is 0.855. The van der Waals surface area contributed by atoms with E-state index in [-0.39, 0.29) is 0 Å². The van der Waals surface area contributed by atoms with Crippen LogP contribution < -0.4 is 0 Å². The van der Waals surface area contributed by atoms with Gasteiger partial charge in [-0.3, -0.25) is 5.10 Å². The zero-order valence-corrected chi connectivity index (χ0v) is 6.18. The Morgan fingerprint density at radius 3 is 2.80 bits per heavy atom. The second-order valence-corrected chi connectivity index (χ2v) is 2.49. The van der Waals surface area contributed by atoms with Gasteiger partial charge in [0.1, 0.15) is 5.69 Å². The summed E-state index contributed by atoms with van der Waals surface area (Å²) in [5.74, 6) is 2.96. The van der Waals surface area contributed by atoms with Crippen molar-refractivity contribution in [2.75, 3.05) is 0 Å². The number of nitrogens with one attached hydrogen (secondary N) is 1. The first-order valence-corrected chi connectivity index (χ1v) is 3.26. The van der Waals surface area contributed by atoms with Gasteiger partial charge in [0.05, 0.1) is 0 Å². The lowest BCUT2D eigenvalue weighted by molar-refractivity contribution is 0.864. The summed E-state index contributed by atoms with van der Waals surface area (Å²) in [5.41, 5.74) is 1.84. The molecule has 1 aromatic heterocycles. The van der Waals surface area contributed by atoms with Crippen molar-refractivity contribution in [1.29, 1.82) is 0 Å². The highest BCUT2D eigenvalue weighted by Crippen LogP contribution is 2.15. The highest BCUT2D eigenvalue weighted by atomic mass is 15.1. The van der Waals surface area contributed by atoms with Crippen LogP contribution in [-0.2, 0) is 0 Å². The van der Waals surface area contributed by atoms with E-state index >= 15 is 0 Å². The molecule has 1 heterocycles.